The molecule has 0 fully saturated rings. The summed E-state index contributed by atoms with van der Waals surface area (Å²) in [6.07, 6.45) is 0.978. The second kappa shape index (κ2) is 10.1. The van der Waals surface area contributed by atoms with Crippen molar-refractivity contribution in [1.82, 2.24) is 10.6 Å². The van der Waals surface area contributed by atoms with E-state index in [4.69, 9.17) is 5.73 Å². The van der Waals surface area contributed by atoms with Gasteiger partial charge < -0.3 is 16.4 Å². The van der Waals surface area contributed by atoms with Crippen molar-refractivity contribution in [3.05, 3.63) is 71.5 Å². The number of nitrogens with two attached hydrogens (primary N) is 1. The van der Waals surface area contributed by atoms with Gasteiger partial charge in [0, 0.05) is 19.6 Å². The van der Waals surface area contributed by atoms with Crippen LogP contribution in [0.5, 0.6) is 0 Å². The van der Waals surface area contributed by atoms with Gasteiger partial charge in [-0.05, 0) is 29.7 Å². The van der Waals surface area contributed by atoms with Gasteiger partial charge in [0.2, 0.25) is 5.91 Å². The van der Waals surface area contributed by atoms with Crippen LogP contribution in [0, 0.1) is 5.82 Å². The number of aliphatic imine (C=N–C) groups is 1. The fourth-order valence-electron chi connectivity index (χ4n) is 2.29. The van der Waals surface area contributed by atoms with Gasteiger partial charge in [-0.3, -0.25) is 9.79 Å². The highest BCUT2D eigenvalue weighted by atomic mass is 19.1. The molecular formula is C19H23FN4O. The average Bonchev–Trinajstić information content (AvgIpc) is 2.60. The van der Waals surface area contributed by atoms with Crippen LogP contribution in [0.25, 0.3) is 0 Å². The average molecular weight is 342 g/mol. The number of nitrogens with one attached hydrogen (secondary N) is 2. The number of halogens is 1. The maximum Gasteiger partial charge on any atom is 0.224 e. The molecule has 5 nitrogen and oxygen atoms in total. The predicted octanol–water partition coefficient (Wildman–Crippen LogP) is 1.63. The van der Waals surface area contributed by atoms with Crippen LogP contribution in [0.2, 0.25) is 0 Å². The molecule has 0 bridgehead atoms. The summed E-state index contributed by atoms with van der Waals surface area (Å²) in [6.45, 7) is 1.51. The number of hydrogen-bond acceptors (Lipinski definition) is 2. The number of carbonyl (C=O) groups is 1. The lowest BCUT2D eigenvalue weighted by atomic mass is 10.1. The Balaban J connectivity index is 1.60. The summed E-state index contributed by atoms with van der Waals surface area (Å²) in [6, 6.07) is 16.1. The van der Waals surface area contributed by atoms with Crippen LogP contribution < -0.4 is 16.4 Å². The molecule has 2 aromatic rings. The molecule has 1 amide bonds. The van der Waals surface area contributed by atoms with E-state index < -0.39 is 0 Å². The largest absolute Gasteiger partial charge is 0.370 e. The second-order valence-electron chi connectivity index (χ2n) is 5.59. The van der Waals surface area contributed by atoms with E-state index in [0.717, 1.165) is 6.42 Å². The first kappa shape index (κ1) is 18.4. The Kier molecular flexibility index (Phi) is 7.43. The van der Waals surface area contributed by atoms with E-state index in [0.29, 0.717) is 31.2 Å². The van der Waals surface area contributed by atoms with Gasteiger partial charge in [-0.1, -0.05) is 42.5 Å². The number of hydrogen-bond donors (Lipinski definition) is 3. The Morgan fingerprint density at radius 2 is 1.72 bits per heavy atom. The Morgan fingerprint density at radius 3 is 2.48 bits per heavy atom. The van der Waals surface area contributed by atoms with Crippen LogP contribution in [-0.4, -0.2) is 31.5 Å². The minimum Gasteiger partial charge on any atom is -0.370 e. The quantitative estimate of drug-likeness (QED) is 0.388. The standard InChI is InChI=1S/C19H23FN4O/c20-17-8-4-7-16(13-17)14-18(25)22-11-12-24-19(21)23-10-9-15-5-2-1-3-6-15/h1-8,13H,9-12,14H2,(H,22,25)(H3,21,23,24). The lowest BCUT2D eigenvalue weighted by molar-refractivity contribution is -0.120. The molecular weight excluding hydrogens is 319 g/mol. The fourth-order valence-corrected chi connectivity index (χ4v) is 2.29. The highest BCUT2D eigenvalue weighted by Crippen LogP contribution is 2.03. The summed E-state index contributed by atoms with van der Waals surface area (Å²) in [5.74, 6) is -0.145. The Bertz CT molecular complexity index is 704. The van der Waals surface area contributed by atoms with E-state index in [2.05, 4.69) is 15.6 Å². The summed E-state index contributed by atoms with van der Waals surface area (Å²) in [4.78, 5) is 16.0. The summed E-state index contributed by atoms with van der Waals surface area (Å²) < 4.78 is 13.1. The van der Waals surface area contributed by atoms with Crippen LogP contribution in [-0.2, 0) is 17.6 Å². The third kappa shape index (κ3) is 7.48. The van der Waals surface area contributed by atoms with Crippen molar-refractivity contribution in [3.63, 3.8) is 0 Å². The van der Waals surface area contributed by atoms with E-state index >= 15 is 0 Å². The normalized spacial score (nSPS) is 11.2. The third-order valence-corrected chi connectivity index (χ3v) is 3.53. The Morgan fingerprint density at radius 1 is 1.00 bits per heavy atom. The van der Waals surface area contributed by atoms with Crippen molar-refractivity contribution < 1.29 is 9.18 Å². The molecule has 0 heterocycles. The van der Waals surface area contributed by atoms with Crippen LogP contribution in [0.3, 0.4) is 0 Å². The third-order valence-electron chi connectivity index (χ3n) is 3.53. The number of carbonyl (C=O) groups excluding carboxylic acids is 1. The van der Waals surface area contributed by atoms with Crippen LogP contribution >= 0.6 is 0 Å². The zero-order valence-electron chi connectivity index (χ0n) is 14.0. The monoisotopic (exact) mass is 342 g/mol. The van der Waals surface area contributed by atoms with Crippen LogP contribution in [0.15, 0.2) is 59.6 Å². The second-order valence-corrected chi connectivity index (χ2v) is 5.59. The Labute approximate surface area is 147 Å². The number of amides is 1. The van der Waals surface area contributed by atoms with Crippen molar-refractivity contribution >= 4 is 11.9 Å². The lowest BCUT2D eigenvalue weighted by Crippen LogP contribution is -2.39. The van der Waals surface area contributed by atoms with Gasteiger partial charge in [0.1, 0.15) is 5.82 Å². The topological polar surface area (TPSA) is 79.5 Å². The maximum absolute atomic E-state index is 13.1. The molecule has 2 aromatic carbocycles. The molecule has 0 aliphatic rings. The van der Waals surface area contributed by atoms with Gasteiger partial charge in [-0.2, -0.15) is 0 Å². The highest BCUT2D eigenvalue weighted by molar-refractivity contribution is 5.79. The van der Waals surface area contributed by atoms with Crippen molar-refractivity contribution in [3.8, 4) is 0 Å². The van der Waals surface area contributed by atoms with E-state index in [1.165, 1.54) is 17.7 Å². The van der Waals surface area contributed by atoms with Crippen molar-refractivity contribution in [2.45, 2.75) is 12.8 Å². The van der Waals surface area contributed by atoms with Gasteiger partial charge in [0.05, 0.1) is 6.42 Å². The number of benzene rings is 2. The van der Waals surface area contributed by atoms with E-state index in [1.807, 2.05) is 30.3 Å². The first-order chi connectivity index (χ1) is 12.1. The molecule has 0 saturated heterocycles. The van der Waals surface area contributed by atoms with Gasteiger partial charge in [-0.25, -0.2) is 4.39 Å². The molecule has 0 unspecified atom stereocenters. The SMILES string of the molecule is NC(=NCCc1ccccc1)NCCNC(=O)Cc1cccc(F)c1. The molecule has 0 aromatic heterocycles. The maximum atomic E-state index is 13.1. The van der Waals surface area contributed by atoms with Crippen molar-refractivity contribution in [2.24, 2.45) is 10.7 Å². The minimum absolute atomic E-state index is 0.151. The molecule has 0 aliphatic carbocycles. The number of nitrogens with zero attached hydrogens (tertiary/aromatic N) is 1. The van der Waals surface area contributed by atoms with E-state index in [9.17, 15) is 9.18 Å². The van der Waals surface area contributed by atoms with Crippen LogP contribution in [0.1, 0.15) is 11.1 Å². The summed E-state index contributed by atoms with van der Waals surface area (Å²) in [7, 11) is 0. The zero-order valence-corrected chi connectivity index (χ0v) is 14.0. The predicted molar refractivity (Wildman–Crippen MR) is 97.8 cm³/mol. The molecule has 132 valence electrons. The molecule has 0 atom stereocenters. The van der Waals surface area contributed by atoms with E-state index in [1.54, 1.807) is 12.1 Å². The summed E-state index contributed by atoms with van der Waals surface area (Å²) in [5, 5.41) is 5.70. The molecule has 0 radical (unpaired) electrons. The van der Waals surface area contributed by atoms with Crippen molar-refractivity contribution in [1.29, 1.82) is 0 Å². The number of rotatable bonds is 8. The zero-order chi connectivity index (χ0) is 17.9. The van der Waals surface area contributed by atoms with Crippen LogP contribution in [0.4, 0.5) is 4.39 Å². The smallest absolute Gasteiger partial charge is 0.224 e. The molecule has 0 aliphatic heterocycles. The molecule has 4 N–H and O–H groups in total. The van der Waals surface area contributed by atoms with Gasteiger partial charge in [0.15, 0.2) is 5.96 Å². The Hall–Kier alpha value is -2.89. The van der Waals surface area contributed by atoms with Gasteiger partial charge in [-0.15, -0.1) is 0 Å². The molecule has 6 heteroatoms. The summed E-state index contributed by atoms with van der Waals surface area (Å²) in [5.41, 5.74) is 7.64. The molecule has 0 spiro atoms. The molecule has 25 heavy (non-hydrogen) atoms. The van der Waals surface area contributed by atoms with Gasteiger partial charge in [0.25, 0.3) is 0 Å². The first-order valence-corrected chi connectivity index (χ1v) is 8.22. The molecule has 2 rings (SSSR count). The highest BCUT2D eigenvalue weighted by Gasteiger charge is 2.03. The molecule has 0 saturated carbocycles. The number of guanidine groups is 1. The van der Waals surface area contributed by atoms with Crippen molar-refractivity contribution in [2.75, 3.05) is 19.6 Å². The van der Waals surface area contributed by atoms with E-state index in [-0.39, 0.29) is 18.1 Å². The first-order valence-electron chi connectivity index (χ1n) is 8.22. The minimum atomic E-state index is -0.341. The fraction of sp³-hybridized carbons (Fsp3) is 0.263. The lowest BCUT2D eigenvalue weighted by Gasteiger charge is -2.08. The summed E-state index contributed by atoms with van der Waals surface area (Å²) >= 11 is 0. The van der Waals surface area contributed by atoms with Gasteiger partial charge >= 0.3 is 0 Å².